The van der Waals surface area contributed by atoms with Crippen molar-refractivity contribution in [1.82, 2.24) is 0 Å². The van der Waals surface area contributed by atoms with Crippen molar-refractivity contribution in [3.63, 3.8) is 0 Å². The molecule has 0 saturated carbocycles. The summed E-state index contributed by atoms with van der Waals surface area (Å²) in [5.41, 5.74) is 2.35. The number of rotatable bonds is 7. The maximum atomic E-state index is 13.3. The number of fused-ring (bicyclic) bond motifs is 1. The molecular formula is C22H23ClN2O4. The number of anilines is 1. The maximum absolute atomic E-state index is 13.3. The summed E-state index contributed by atoms with van der Waals surface area (Å²) in [6.45, 7) is 2.53. The van der Waals surface area contributed by atoms with E-state index in [4.69, 9.17) is 11.6 Å². The number of hydrogen-bond donors (Lipinski definition) is 2. The van der Waals surface area contributed by atoms with Crippen LogP contribution in [-0.4, -0.2) is 40.4 Å². The van der Waals surface area contributed by atoms with E-state index in [1.807, 2.05) is 0 Å². The van der Waals surface area contributed by atoms with E-state index in [0.717, 1.165) is 19.3 Å². The SMILES string of the molecule is CCCCCN1C(=O)C(CC(=O)O)N=C(c2cccc(O)c2)c2ccc(Cl)cc21. The van der Waals surface area contributed by atoms with E-state index in [9.17, 15) is 19.8 Å². The summed E-state index contributed by atoms with van der Waals surface area (Å²) in [4.78, 5) is 30.8. The van der Waals surface area contributed by atoms with E-state index in [0.29, 0.717) is 34.1 Å². The minimum absolute atomic E-state index is 0.0610. The van der Waals surface area contributed by atoms with E-state index in [-0.39, 0.29) is 11.7 Å². The van der Waals surface area contributed by atoms with Crippen LogP contribution >= 0.6 is 11.6 Å². The number of carboxylic acid groups (broad SMARTS) is 1. The van der Waals surface area contributed by atoms with Gasteiger partial charge in [0.1, 0.15) is 11.8 Å². The molecule has 0 radical (unpaired) electrons. The molecule has 0 aromatic heterocycles. The van der Waals surface area contributed by atoms with Gasteiger partial charge in [0.15, 0.2) is 0 Å². The molecule has 2 aromatic rings. The number of carbonyl (C=O) groups is 2. The highest BCUT2D eigenvalue weighted by Gasteiger charge is 2.33. The second-order valence-electron chi connectivity index (χ2n) is 7.00. The molecule has 3 rings (SSSR count). The highest BCUT2D eigenvalue weighted by Crippen LogP contribution is 2.32. The smallest absolute Gasteiger partial charge is 0.306 e. The molecule has 152 valence electrons. The summed E-state index contributed by atoms with van der Waals surface area (Å²) in [5, 5.41) is 19.7. The number of phenols is 1. The molecule has 1 aliphatic heterocycles. The first-order valence-electron chi connectivity index (χ1n) is 9.61. The van der Waals surface area contributed by atoms with Gasteiger partial charge in [-0.25, -0.2) is 0 Å². The Morgan fingerprint density at radius 3 is 2.69 bits per heavy atom. The number of halogens is 1. The second kappa shape index (κ2) is 9.09. The number of unbranched alkanes of at least 4 members (excludes halogenated alkanes) is 2. The Hall–Kier alpha value is -2.86. The number of hydrogen-bond acceptors (Lipinski definition) is 4. The van der Waals surface area contributed by atoms with Crippen LogP contribution in [0.25, 0.3) is 0 Å². The lowest BCUT2D eigenvalue weighted by Gasteiger charge is -2.25. The van der Waals surface area contributed by atoms with Crippen molar-refractivity contribution < 1.29 is 19.8 Å². The Morgan fingerprint density at radius 1 is 1.21 bits per heavy atom. The first-order chi connectivity index (χ1) is 13.9. The quantitative estimate of drug-likeness (QED) is 0.662. The molecule has 6 nitrogen and oxygen atoms in total. The Labute approximate surface area is 174 Å². The van der Waals surface area contributed by atoms with Gasteiger partial charge in [-0.1, -0.05) is 43.5 Å². The van der Waals surface area contributed by atoms with E-state index >= 15 is 0 Å². The number of aromatic hydroxyl groups is 1. The van der Waals surface area contributed by atoms with Gasteiger partial charge in [-0.05, 0) is 36.8 Å². The lowest BCUT2D eigenvalue weighted by atomic mass is 9.99. The first-order valence-corrected chi connectivity index (χ1v) is 9.98. The molecule has 29 heavy (non-hydrogen) atoms. The van der Waals surface area contributed by atoms with Gasteiger partial charge in [-0.15, -0.1) is 0 Å². The van der Waals surface area contributed by atoms with Crippen LogP contribution in [0.5, 0.6) is 5.75 Å². The largest absolute Gasteiger partial charge is 0.508 e. The van der Waals surface area contributed by atoms with Crippen LogP contribution in [0.15, 0.2) is 47.5 Å². The van der Waals surface area contributed by atoms with Crippen LogP contribution < -0.4 is 4.90 Å². The third kappa shape index (κ3) is 4.77. The summed E-state index contributed by atoms with van der Waals surface area (Å²) in [6, 6.07) is 10.7. The second-order valence-corrected chi connectivity index (χ2v) is 7.44. The number of carbonyl (C=O) groups excluding carboxylic acids is 1. The van der Waals surface area contributed by atoms with E-state index in [1.54, 1.807) is 47.4 Å². The summed E-state index contributed by atoms with van der Waals surface area (Å²) >= 11 is 6.23. The van der Waals surface area contributed by atoms with Crippen molar-refractivity contribution in [2.45, 2.75) is 38.6 Å². The van der Waals surface area contributed by atoms with Crippen LogP contribution in [0.2, 0.25) is 5.02 Å². The number of aliphatic carboxylic acids is 1. The normalized spacial score (nSPS) is 16.2. The third-order valence-corrected chi connectivity index (χ3v) is 5.05. The molecule has 1 aliphatic rings. The molecule has 1 heterocycles. The molecule has 2 aromatic carbocycles. The number of nitrogens with zero attached hydrogens (tertiary/aromatic N) is 2. The standard InChI is InChI=1S/C22H23ClN2O4/c1-2-3-4-10-25-19-12-15(23)8-9-17(19)21(14-6-5-7-16(26)11-14)24-18(22(25)29)13-20(27)28/h5-9,11-12,18,26H,2-4,10,13H2,1H3,(H,27,28). The summed E-state index contributed by atoms with van der Waals surface area (Å²) in [7, 11) is 0. The molecule has 0 bridgehead atoms. The number of carboxylic acids is 1. The third-order valence-electron chi connectivity index (χ3n) is 4.81. The van der Waals surface area contributed by atoms with Crippen molar-refractivity contribution >= 4 is 34.9 Å². The predicted molar refractivity (Wildman–Crippen MR) is 113 cm³/mol. The van der Waals surface area contributed by atoms with Crippen molar-refractivity contribution in [3.05, 3.63) is 58.6 Å². The molecule has 1 amide bonds. The van der Waals surface area contributed by atoms with Gasteiger partial charge in [-0.2, -0.15) is 0 Å². The Balaban J connectivity index is 2.18. The molecule has 0 fully saturated rings. The lowest BCUT2D eigenvalue weighted by molar-refractivity contribution is -0.139. The molecular weight excluding hydrogens is 392 g/mol. The fourth-order valence-electron chi connectivity index (χ4n) is 3.44. The van der Waals surface area contributed by atoms with Gasteiger partial charge in [0, 0.05) is 22.7 Å². The molecule has 2 N–H and O–H groups in total. The monoisotopic (exact) mass is 414 g/mol. The van der Waals surface area contributed by atoms with E-state index in [1.165, 1.54) is 0 Å². The van der Waals surface area contributed by atoms with E-state index in [2.05, 4.69) is 11.9 Å². The zero-order valence-corrected chi connectivity index (χ0v) is 16.9. The van der Waals surface area contributed by atoms with Crippen molar-refractivity contribution in [1.29, 1.82) is 0 Å². The zero-order chi connectivity index (χ0) is 21.0. The Bertz CT molecular complexity index is 958. The highest BCUT2D eigenvalue weighted by atomic mass is 35.5. The molecule has 0 aliphatic carbocycles. The minimum Gasteiger partial charge on any atom is -0.508 e. The van der Waals surface area contributed by atoms with Gasteiger partial charge < -0.3 is 15.1 Å². The van der Waals surface area contributed by atoms with Crippen LogP contribution in [0, 0.1) is 0 Å². The average Bonchev–Trinajstić information content (AvgIpc) is 2.78. The van der Waals surface area contributed by atoms with Gasteiger partial charge >= 0.3 is 5.97 Å². The van der Waals surface area contributed by atoms with E-state index < -0.39 is 18.4 Å². The number of phenolic OH excluding ortho intramolecular Hbond substituents is 1. The summed E-state index contributed by atoms with van der Waals surface area (Å²) < 4.78 is 0. The molecule has 0 spiro atoms. The van der Waals surface area contributed by atoms with Gasteiger partial charge in [0.05, 0.1) is 17.8 Å². The fraction of sp³-hybridized carbons (Fsp3) is 0.318. The first kappa shape index (κ1) is 20.9. The predicted octanol–water partition coefficient (Wildman–Crippen LogP) is 4.26. The number of aliphatic imine (C=N–C) groups is 1. The number of benzodiazepines with no additional fused rings is 1. The molecule has 7 heteroatoms. The topological polar surface area (TPSA) is 90.2 Å². The Kier molecular flexibility index (Phi) is 6.54. The van der Waals surface area contributed by atoms with Crippen molar-refractivity contribution in [2.24, 2.45) is 4.99 Å². The molecule has 1 unspecified atom stereocenters. The number of benzene rings is 2. The van der Waals surface area contributed by atoms with Crippen molar-refractivity contribution in [2.75, 3.05) is 11.4 Å². The minimum atomic E-state index is -1.10. The highest BCUT2D eigenvalue weighted by molar-refractivity contribution is 6.31. The fourth-order valence-corrected chi connectivity index (χ4v) is 3.61. The van der Waals surface area contributed by atoms with Crippen LogP contribution in [0.3, 0.4) is 0 Å². The van der Waals surface area contributed by atoms with Crippen LogP contribution in [0.1, 0.15) is 43.7 Å². The average molecular weight is 415 g/mol. The Morgan fingerprint density at radius 2 is 2.00 bits per heavy atom. The van der Waals surface area contributed by atoms with Gasteiger partial charge in [-0.3, -0.25) is 14.6 Å². The molecule has 1 atom stereocenters. The van der Waals surface area contributed by atoms with Crippen LogP contribution in [-0.2, 0) is 9.59 Å². The lowest BCUT2D eigenvalue weighted by Crippen LogP contribution is -2.39. The summed E-state index contributed by atoms with van der Waals surface area (Å²) in [5.74, 6) is -1.40. The van der Waals surface area contributed by atoms with Crippen molar-refractivity contribution in [3.8, 4) is 5.75 Å². The molecule has 0 saturated heterocycles. The maximum Gasteiger partial charge on any atom is 0.306 e. The zero-order valence-electron chi connectivity index (χ0n) is 16.1. The number of amides is 1. The van der Waals surface area contributed by atoms with Gasteiger partial charge in [0.2, 0.25) is 0 Å². The summed E-state index contributed by atoms with van der Waals surface area (Å²) in [6.07, 6.45) is 2.32. The van der Waals surface area contributed by atoms with Gasteiger partial charge in [0.25, 0.3) is 5.91 Å². The van der Waals surface area contributed by atoms with Crippen LogP contribution in [0.4, 0.5) is 5.69 Å².